The summed E-state index contributed by atoms with van der Waals surface area (Å²) >= 11 is 5.94. The van der Waals surface area contributed by atoms with E-state index >= 15 is 0 Å². The summed E-state index contributed by atoms with van der Waals surface area (Å²) in [4.78, 5) is 29.6. The summed E-state index contributed by atoms with van der Waals surface area (Å²) < 4.78 is 5.37. The maximum absolute atomic E-state index is 13.0. The molecule has 0 aromatic heterocycles. The van der Waals surface area contributed by atoms with Crippen LogP contribution in [0.3, 0.4) is 0 Å². The number of ketones is 1. The van der Waals surface area contributed by atoms with E-state index in [1.165, 1.54) is 17.0 Å². The molecule has 0 saturated carbocycles. The van der Waals surface area contributed by atoms with Crippen molar-refractivity contribution in [3.8, 4) is 5.75 Å². The molecule has 2 aromatic carbocycles. The third kappa shape index (κ3) is 4.44. The summed E-state index contributed by atoms with van der Waals surface area (Å²) in [6.45, 7) is 3.71. The van der Waals surface area contributed by atoms with E-state index < -0.39 is 17.7 Å². The average Bonchev–Trinajstić information content (AvgIpc) is 3.04. The van der Waals surface area contributed by atoms with Crippen LogP contribution in [0.15, 0.2) is 54.1 Å². The first-order valence-corrected chi connectivity index (χ1v) is 10.5. The minimum absolute atomic E-state index is 0.0278. The molecule has 0 bridgehead atoms. The zero-order valence-electron chi connectivity index (χ0n) is 16.8. The molecule has 2 aliphatic rings. The molecular formula is C23H23ClN2O5. The van der Waals surface area contributed by atoms with Crippen LogP contribution in [0.5, 0.6) is 5.75 Å². The van der Waals surface area contributed by atoms with E-state index in [0.29, 0.717) is 42.5 Å². The SMILES string of the molecule is O=C1C(=O)N(CCN2CCOCC2)[C@H](c2ccc(O)cc2)C1=C(O)c1ccc(Cl)cc1. The van der Waals surface area contributed by atoms with Gasteiger partial charge in [-0.25, -0.2) is 0 Å². The van der Waals surface area contributed by atoms with Crippen LogP contribution in [0.1, 0.15) is 17.2 Å². The van der Waals surface area contributed by atoms with Gasteiger partial charge in [0.05, 0.1) is 24.8 Å². The third-order valence-electron chi connectivity index (χ3n) is 5.63. The van der Waals surface area contributed by atoms with Crippen molar-refractivity contribution in [2.24, 2.45) is 0 Å². The van der Waals surface area contributed by atoms with Gasteiger partial charge in [-0.2, -0.15) is 0 Å². The fraction of sp³-hybridized carbons (Fsp3) is 0.304. The first-order valence-electron chi connectivity index (χ1n) is 10.1. The molecular weight excluding hydrogens is 420 g/mol. The van der Waals surface area contributed by atoms with Crippen molar-refractivity contribution in [2.45, 2.75) is 6.04 Å². The Morgan fingerprint density at radius 3 is 2.29 bits per heavy atom. The van der Waals surface area contributed by atoms with E-state index in [4.69, 9.17) is 16.3 Å². The van der Waals surface area contributed by atoms with Gasteiger partial charge < -0.3 is 19.8 Å². The van der Waals surface area contributed by atoms with Gasteiger partial charge in [-0.3, -0.25) is 14.5 Å². The number of aliphatic hydroxyl groups is 1. The predicted octanol–water partition coefficient (Wildman–Crippen LogP) is 2.80. The molecule has 2 heterocycles. The minimum Gasteiger partial charge on any atom is -0.508 e. The van der Waals surface area contributed by atoms with Crippen LogP contribution >= 0.6 is 11.6 Å². The number of hydrogen-bond acceptors (Lipinski definition) is 6. The normalized spacial score (nSPS) is 21.6. The van der Waals surface area contributed by atoms with Crippen molar-refractivity contribution in [1.29, 1.82) is 0 Å². The van der Waals surface area contributed by atoms with Crippen LogP contribution in [0, 0.1) is 0 Å². The molecule has 2 saturated heterocycles. The number of amides is 1. The predicted molar refractivity (Wildman–Crippen MR) is 116 cm³/mol. The van der Waals surface area contributed by atoms with Crippen LogP contribution in [0.4, 0.5) is 0 Å². The molecule has 2 N–H and O–H groups in total. The van der Waals surface area contributed by atoms with Gasteiger partial charge in [0, 0.05) is 36.8 Å². The monoisotopic (exact) mass is 442 g/mol. The Hall–Kier alpha value is -2.87. The van der Waals surface area contributed by atoms with Gasteiger partial charge in [0.25, 0.3) is 11.7 Å². The van der Waals surface area contributed by atoms with E-state index in [0.717, 1.165) is 13.1 Å². The summed E-state index contributed by atoms with van der Waals surface area (Å²) in [5, 5.41) is 21.2. The van der Waals surface area contributed by atoms with Crippen LogP contribution in [-0.2, 0) is 14.3 Å². The molecule has 1 atom stereocenters. The zero-order valence-corrected chi connectivity index (χ0v) is 17.6. The Balaban J connectivity index is 1.72. The van der Waals surface area contributed by atoms with E-state index in [2.05, 4.69) is 4.90 Å². The molecule has 0 radical (unpaired) electrons. The van der Waals surface area contributed by atoms with Crippen molar-refractivity contribution >= 4 is 29.1 Å². The first-order chi connectivity index (χ1) is 15.0. The number of hydrogen-bond donors (Lipinski definition) is 2. The topological polar surface area (TPSA) is 90.3 Å². The second kappa shape index (κ2) is 9.09. The molecule has 2 aromatic rings. The highest BCUT2D eigenvalue weighted by Gasteiger charge is 2.46. The number of aromatic hydroxyl groups is 1. The lowest BCUT2D eigenvalue weighted by Crippen LogP contribution is -2.42. The zero-order chi connectivity index (χ0) is 22.0. The van der Waals surface area contributed by atoms with Crippen molar-refractivity contribution < 1.29 is 24.5 Å². The number of aliphatic hydroxyl groups excluding tert-OH is 1. The number of ether oxygens (including phenoxy) is 1. The fourth-order valence-corrected chi connectivity index (χ4v) is 4.08. The number of benzene rings is 2. The minimum atomic E-state index is -0.752. The number of morpholine rings is 1. The molecule has 4 rings (SSSR count). The molecule has 2 aliphatic heterocycles. The maximum atomic E-state index is 13.0. The lowest BCUT2D eigenvalue weighted by Gasteiger charge is -2.31. The van der Waals surface area contributed by atoms with E-state index in [1.54, 1.807) is 36.4 Å². The summed E-state index contributed by atoms with van der Waals surface area (Å²) in [5.41, 5.74) is 1.06. The number of nitrogens with zero attached hydrogens (tertiary/aromatic N) is 2. The Morgan fingerprint density at radius 2 is 1.65 bits per heavy atom. The molecule has 7 nitrogen and oxygen atoms in total. The Morgan fingerprint density at radius 1 is 1.00 bits per heavy atom. The van der Waals surface area contributed by atoms with Crippen molar-refractivity contribution in [3.63, 3.8) is 0 Å². The van der Waals surface area contributed by atoms with Gasteiger partial charge in [-0.05, 0) is 42.0 Å². The molecule has 0 unspecified atom stereocenters. The average molecular weight is 443 g/mol. The molecule has 2 fully saturated rings. The highest BCUT2D eigenvalue weighted by Crippen LogP contribution is 2.39. The van der Waals surface area contributed by atoms with Gasteiger partial charge in [-0.1, -0.05) is 23.7 Å². The molecule has 8 heteroatoms. The molecule has 0 spiro atoms. The Kier molecular flexibility index (Phi) is 6.27. The molecule has 162 valence electrons. The maximum Gasteiger partial charge on any atom is 0.295 e. The van der Waals surface area contributed by atoms with Crippen molar-refractivity contribution in [3.05, 3.63) is 70.3 Å². The summed E-state index contributed by atoms with van der Waals surface area (Å²) in [6.07, 6.45) is 0. The van der Waals surface area contributed by atoms with Gasteiger partial charge in [0.1, 0.15) is 11.5 Å². The van der Waals surface area contributed by atoms with Gasteiger partial charge in [0.15, 0.2) is 0 Å². The molecule has 31 heavy (non-hydrogen) atoms. The van der Waals surface area contributed by atoms with Crippen molar-refractivity contribution in [2.75, 3.05) is 39.4 Å². The van der Waals surface area contributed by atoms with Gasteiger partial charge >= 0.3 is 0 Å². The molecule has 0 aliphatic carbocycles. The number of Topliss-reactive ketones (excluding diaryl/α,β-unsaturated/α-hetero) is 1. The smallest absolute Gasteiger partial charge is 0.295 e. The standard InChI is InChI=1S/C23H23ClN2O5/c24-17-5-1-16(2-6-17)21(28)19-20(15-3-7-18(27)8-4-15)26(23(30)22(19)29)10-9-25-11-13-31-14-12-25/h1-8,20,27-28H,9-14H2/t20-/m1/s1. The fourth-order valence-electron chi connectivity index (χ4n) is 3.95. The first kappa shape index (κ1) is 21.4. The number of rotatable bonds is 5. The Bertz CT molecular complexity index is 998. The van der Waals surface area contributed by atoms with Crippen LogP contribution in [0.2, 0.25) is 5.02 Å². The second-order valence-electron chi connectivity index (χ2n) is 7.54. The molecule has 1 amide bonds. The lowest BCUT2D eigenvalue weighted by molar-refractivity contribution is -0.140. The highest BCUT2D eigenvalue weighted by atomic mass is 35.5. The van der Waals surface area contributed by atoms with E-state index in [-0.39, 0.29) is 17.1 Å². The van der Waals surface area contributed by atoms with Gasteiger partial charge in [0.2, 0.25) is 0 Å². The van der Waals surface area contributed by atoms with Crippen LogP contribution in [-0.4, -0.2) is 71.1 Å². The quantitative estimate of drug-likeness (QED) is 0.420. The number of carbonyl (C=O) groups is 2. The number of halogens is 1. The van der Waals surface area contributed by atoms with Gasteiger partial charge in [-0.15, -0.1) is 0 Å². The highest BCUT2D eigenvalue weighted by molar-refractivity contribution is 6.46. The summed E-state index contributed by atoms with van der Waals surface area (Å²) in [6, 6.07) is 12.0. The van der Waals surface area contributed by atoms with E-state index in [9.17, 15) is 19.8 Å². The van der Waals surface area contributed by atoms with E-state index in [1.807, 2.05) is 0 Å². The number of phenolic OH excluding ortho intramolecular Hbond substituents is 1. The number of likely N-dealkylation sites (tertiary alicyclic amines) is 1. The summed E-state index contributed by atoms with van der Waals surface area (Å²) in [5.74, 6) is -1.55. The summed E-state index contributed by atoms with van der Waals surface area (Å²) in [7, 11) is 0. The number of carbonyl (C=O) groups excluding carboxylic acids is 2. The van der Waals surface area contributed by atoms with Crippen molar-refractivity contribution in [1.82, 2.24) is 9.80 Å². The van der Waals surface area contributed by atoms with Crippen LogP contribution in [0.25, 0.3) is 5.76 Å². The Labute approximate surface area is 185 Å². The second-order valence-corrected chi connectivity index (χ2v) is 7.98. The van der Waals surface area contributed by atoms with Crippen LogP contribution < -0.4 is 0 Å². The largest absolute Gasteiger partial charge is 0.508 e. The third-order valence-corrected chi connectivity index (χ3v) is 5.88. The lowest BCUT2D eigenvalue weighted by atomic mass is 9.95. The number of phenols is 1.